The van der Waals surface area contributed by atoms with Crippen LogP contribution in [0.3, 0.4) is 0 Å². The first-order valence-corrected chi connectivity index (χ1v) is 5.40. The van der Waals surface area contributed by atoms with Gasteiger partial charge in [0.05, 0.1) is 25.2 Å². The highest BCUT2D eigenvalue weighted by Crippen LogP contribution is 2.37. The Kier molecular flexibility index (Phi) is 4.73. The summed E-state index contributed by atoms with van der Waals surface area (Å²) in [6.07, 6.45) is 0. The number of nitrogens with two attached hydrogens (primary N) is 1. The Morgan fingerprint density at radius 3 is 2.39 bits per heavy atom. The van der Waals surface area contributed by atoms with Crippen LogP contribution < -0.4 is 20.5 Å². The highest BCUT2D eigenvalue weighted by atomic mass is 16.6. The molecule has 1 aromatic carbocycles. The van der Waals surface area contributed by atoms with E-state index in [1.807, 2.05) is 6.92 Å². The van der Waals surface area contributed by atoms with E-state index >= 15 is 0 Å². The predicted octanol–water partition coefficient (Wildman–Crippen LogP) is 1.37. The van der Waals surface area contributed by atoms with Crippen molar-refractivity contribution in [2.24, 2.45) is 5.73 Å². The first-order chi connectivity index (χ1) is 8.53. The smallest absolute Gasteiger partial charge is 0.296 e. The van der Waals surface area contributed by atoms with E-state index in [1.54, 1.807) is 0 Å². The van der Waals surface area contributed by atoms with Gasteiger partial charge in [-0.15, -0.1) is 0 Å². The van der Waals surface area contributed by atoms with Gasteiger partial charge in [-0.25, -0.2) is 0 Å². The molecule has 0 spiro atoms. The second kappa shape index (κ2) is 6.06. The normalized spacial score (nSPS) is 11.8. The number of anilines is 1. The molecule has 18 heavy (non-hydrogen) atoms. The summed E-state index contributed by atoms with van der Waals surface area (Å²) < 4.78 is 10.1. The average molecular weight is 255 g/mol. The number of ether oxygens (including phenoxy) is 2. The molecule has 1 aromatic rings. The molecule has 100 valence electrons. The molecule has 0 saturated carbocycles. The Bertz CT molecular complexity index is 437. The number of rotatable bonds is 6. The maximum Gasteiger partial charge on any atom is 0.296 e. The number of nitrogens with zero attached hydrogens (tertiary/aromatic N) is 1. The summed E-state index contributed by atoms with van der Waals surface area (Å²) in [4.78, 5) is 10.5. The number of benzene rings is 1. The fourth-order valence-corrected chi connectivity index (χ4v) is 1.46. The molecule has 1 rings (SSSR count). The molecule has 7 nitrogen and oxygen atoms in total. The van der Waals surface area contributed by atoms with E-state index in [2.05, 4.69) is 5.32 Å². The second-order valence-electron chi connectivity index (χ2n) is 3.76. The predicted molar refractivity (Wildman–Crippen MR) is 68.3 cm³/mol. The highest BCUT2D eigenvalue weighted by molar-refractivity contribution is 5.68. The number of methoxy groups -OCH3 is 2. The maximum atomic E-state index is 11.0. The minimum atomic E-state index is -0.479. The fourth-order valence-electron chi connectivity index (χ4n) is 1.46. The van der Waals surface area contributed by atoms with E-state index in [9.17, 15) is 10.1 Å². The Labute approximate surface area is 105 Å². The summed E-state index contributed by atoms with van der Waals surface area (Å²) in [7, 11) is 2.90. The average Bonchev–Trinajstić information content (AvgIpc) is 2.37. The molecule has 0 aromatic heterocycles. The molecule has 0 radical (unpaired) electrons. The number of nitro benzene ring substituents is 1. The van der Waals surface area contributed by atoms with Crippen molar-refractivity contribution in [3.63, 3.8) is 0 Å². The van der Waals surface area contributed by atoms with Crippen LogP contribution in [0.15, 0.2) is 12.1 Å². The number of nitrogens with one attached hydrogen (secondary N) is 1. The van der Waals surface area contributed by atoms with Crippen LogP contribution in [0.1, 0.15) is 6.92 Å². The number of hydrogen-bond acceptors (Lipinski definition) is 6. The van der Waals surface area contributed by atoms with Crippen molar-refractivity contribution in [3.05, 3.63) is 22.2 Å². The molecule has 0 aliphatic heterocycles. The van der Waals surface area contributed by atoms with Crippen molar-refractivity contribution in [1.82, 2.24) is 0 Å². The standard InChI is InChI=1S/C11H17N3O4/c1-7(6-12)13-8-4-10(17-2)11(18-3)5-9(8)14(15)16/h4-5,7,13H,6,12H2,1-3H3. The topological polar surface area (TPSA) is 99.7 Å². The number of hydrogen-bond donors (Lipinski definition) is 2. The zero-order valence-electron chi connectivity index (χ0n) is 10.6. The molecule has 0 saturated heterocycles. The van der Waals surface area contributed by atoms with Crippen molar-refractivity contribution in [2.75, 3.05) is 26.1 Å². The lowest BCUT2D eigenvalue weighted by atomic mass is 10.2. The molecule has 1 unspecified atom stereocenters. The molecule has 7 heteroatoms. The van der Waals surface area contributed by atoms with Crippen LogP contribution in [0.2, 0.25) is 0 Å². The Morgan fingerprint density at radius 1 is 1.39 bits per heavy atom. The Hall–Kier alpha value is -2.02. The lowest BCUT2D eigenvalue weighted by Crippen LogP contribution is -2.25. The van der Waals surface area contributed by atoms with Crippen molar-refractivity contribution in [2.45, 2.75) is 13.0 Å². The lowest BCUT2D eigenvalue weighted by molar-refractivity contribution is -0.384. The van der Waals surface area contributed by atoms with Gasteiger partial charge in [0.2, 0.25) is 0 Å². The molecule has 0 bridgehead atoms. The molecule has 0 amide bonds. The van der Waals surface area contributed by atoms with Gasteiger partial charge in [0, 0.05) is 18.7 Å². The van der Waals surface area contributed by atoms with E-state index in [0.29, 0.717) is 23.7 Å². The van der Waals surface area contributed by atoms with Crippen LogP contribution in [0, 0.1) is 10.1 Å². The van der Waals surface area contributed by atoms with Gasteiger partial charge in [-0.1, -0.05) is 0 Å². The molecular formula is C11H17N3O4. The van der Waals surface area contributed by atoms with Crippen LogP contribution in [-0.2, 0) is 0 Å². The van der Waals surface area contributed by atoms with Gasteiger partial charge in [0.1, 0.15) is 5.69 Å². The van der Waals surface area contributed by atoms with Crippen LogP contribution in [-0.4, -0.2) is 31.7 Å². The third-order valence-corrected chi connectivity index (χ3v) is 2.45. The summed E-state index contributed by atoms with van der Waals surface area (Å²) >= 11 is 0. The zero-order chi connectivity index (χ0) is 13.7. The first kappa shape index (κ1) is 14.0. The molecule has 0 aliphatic carbocycles. The van der Waals surface area contributed by atoms with E-state index in [1.165, 1.54) is 26.4 Å². The quantitative estimate of drug-likeness (QED) is 0.588. The van der Waals surface area contributed by atoms with Crippen molar-refractivity contribution >= 4 is 11.4 Å². The van der Waals surface area contributed by atoms with Crippen molar-refractivity contribution in [3.8, 4) is 11.5 Å². The van der Waals surface area contributed by atoms with Gasteiger partial charge in [-0.3, -0.25) is 10.1 Å². The van der Waals surface area contributed by atoms with Gasteiger partial charge in [0.15, 0.2) is 11.5 Å². The number of nitro groups is 1. The SMILES string of the molecule is COc1cc(NC(C)CN)c([N+](=O)[O-])cc1OC. The van der Waals surface area contributed by atoms with Gasteiger partial charge in [-0.05, 0) is 6.92 Å². The lowest BCUT2D eigenvalue weighted by Gasteiger charge is -2.15. The van der Waals surface area contributed by atoms with E-state index in [-0.39, 0.29) is 11.7 Å². The Balaban J connectivity index is 3.24. The van der Waals surface area contributed by atoms with E-state index in [0.717, 1.165) is 0 Å². The van der Waals surface area contributed by atoms with Gasteiger partial charge < -0.3 is 20.5 Å². The molecule has 0 heterocycles. The van der Waals surface area contributed by atoms with Crippen LogP contribution in [0.25, 0.3) is 0 Å². The molecule has 1 atom stereocenters. The summed E-state index contributed by atoms with van der Waals surface area (Å²) in [6.45, 7) is 2.20. The largest absolute Gasteiger partial charge is 0.493 e. The van der Waals surface area contributed by atoms with Crippen LogP contribution in [0.5, 0.6) is 11.5 Å². The third kappa shape index (κ3) is 3.01. The van der Waals surface area contributed by atoms with E-state index < -0.39 is 4.92 Å². The monoisotopic (exact) mass is 255 g/mol. The van der Waals surface area contributed by atoms with Crippen molar-refractivity contribution < 1.29 is 14.4 Å². The summed E-state index contributed by atoms with van der Waals surface area (Å²) in [5.41, 5.74) is 5.77. The third-order valence-electron chi connectivity index (χ3n) is 2.45. The molecule has 3 N–H and O–H groups in total. The molecular weight excluding hydrogens is 238 g/mol. The zero-order valence-corrected chi connectivity index (χ0v) is 10.6. The second-order valence-corrected chi connectivity index (χ2v) is 3.76. The van der Waals surface area contributed by atoms with Crippen LogP contribution >= 0.6 is 0 Å². The fraction of sp³-hybridized carbons (Fsp3) is 0.455. The Morgan fingerprint density at radius 2 is 1.94 bits per heavy atom. The first-order valence-electron chi connectivity index (χ1n) is 5.40. The van der Waals surface area contributed by atoms with Crippen LogP contribution in [0.4, 0.5) is 11.4 Å². The minimum Gasteiger partial charge on any atom is -0.493 e. The van der Waals surface area contributed by atoms with E-state index in [4.69, 9.17) is 15.2 Å². The van der Waals surface area contributed by atoms with Gasteiger partial charge in [-0.2, -0.15) is 0 Å². The van der Waals surface area contributed by atoms with Crippen molar-refractivity contribution in [1.29, 1.82) is 0 Å². The summed E-state index contributed by atoms with van der Waals surface area (Å²) in [5, 5.41) is 14.0. The summed E-state index contributed by atoms with van der Waals surface area (Å²) in [6, 6.07) is 2.77. The maximum absolute atomic E-state index is 11.0. The molecule has 0 aliphatic rings. The highest BCUT2D eigenvalue weighted by Gasteiger charge is 2.20. The van der Waals surface area contributed by atoms with Gasteiger partial charge in [0.25, 0.3) is 5.69 Å². The minimum absolute atomic E-state index is 0.0760. The molecule has 0 fully saturated rings. The van der Waals surface area contributed by atoms with Gasteiger partial charge >= 0.3 is 0 Å². The summed E-state index contributed by atoms with van der Waals surface area (Å²) in [5.74, 6) is 0.741.